The molecule has 24 heavy (non-hydrogen) atoms. The van der Waals surface area contributed by atoms with E-state index in [1.54, 1.807) is 0 Å². The molecule has 5 nitrogen and oxygen atoms in total. The van der Waals surface area contributed by atoms with Crippen molar-refractivity contribution in [2.45, 2.75) is 13.0 Å². The maximum atomic E-state index is 12.7. The molecule has 124 valence electrons. The molecule has 0 bridgehead atoms. The van der Waals surface area contributed by atoms with Crippen molar-refractivity contribution < 1.29 is 4.79 Å². The van der Waals surface area contributed by atoms with E-state index in [0.717, 1.165) is 51.3 Å². The van der Waals surface area contributed by atoms with Crippen LogP contribution in [-0.4, -0.2) is 53.4 Å². The van der Waals surface area contributed by atoms with E-state index in [1.165, 1.54) is 16.8 Å². The quantitative estimate of drug-likeness (QED) is 0.939. The fourth-order valence-corrected chi connectivity index (χ4v) is 3.48. The summed E-state index contributed by atoms with van der Waals surface area (Å²) in [5, 5.41) is 3.34. The molecule has 1 N–H and O–H groups in total. The first-order chi connectivity index (χ1) is 11.8. The van der Waals surface area contributed by atoms with Crippen molar-refractivity contribution in [3.63, 3.8) is 0 Å². The first-order valence-corrected chi connectivity index (χ1v) is 8.57. The van der Waals surface area contributed by atoms with E-state index >= 15 is 0 Å². The lowest BCUT2D eigenvalue weighted by Crippen LogP contribution is -2.48. The highest BCUT2D eigenvalue weighted by atomic mass is 16.2. The lowest BCUT2D eigenvalue weighted by molar-refractivity contribution is 0.0628. The Morgan fingerprint density at radius 3 is 2.67 bits per heavy atom. The number of benzene rings is 1. The third-order valence-corrected chi connectivity index (χ3v) is 4.88. The molecule has 2 aromatic rings. The van der Waals surface area contributed by atoms with Gasteiger partial charge in [-0.1, -0.05) is 0 Å². The summed E-state index contributed by atoms with van der Waals surface area (Å²) in [6.45, 7) is 5.31. The molecule has 3 heterocycles. The van der Waals surface area contributed by atoms with E-state index < -0.39 is 0 Å². The maximum absolute atomic E-state index is 12.7. The van der Waals surface area contributed by atoms with Gasteiger partial charge in [-0.05, 0) is 47.9 Å². The molecule has 0 radical (unpaired) electrons. The van der Waals surface area contributed by atoms with Crippen molar-refractivity contribution in [3.05, 3.63) is 59.4 Å². The number of anilines is 1. The van der Waals surface area contributed by atoms with Crippen LogP contribution in [0, 0.1) is 0 Å². The van der Waals surface area contributed by atoms with E-state index in [1.807, 2.05) is 29.4 Å². The number of amides is 1. The van der Waals surface area contributed by atoms with Crippen LogP contribution >= 0.6 is 0 Å². The number of hydrogen-bond acceptors (Lipinski definition) is 4. The summed E-state index contributed by atoms with van der Waals surface area (Å²) >= 11 is 0. The number of carbonyl (C=O) groups excluding carboxylic acids is 1. The van der Waals surface area contributed by atoms with Gasteiger partial charge in [0.2, 0.25) is 0 Å². The summed E-state index contributed by atoms with van der Waals surface area (Å²) in [6.07, 6.45) is 4.67. The predicted octanol–water partition coefficient (Wildman–Crippen LogP) is 2.01. The van der Waals surface area contributed by atoms with Gasteiger partial charge >= 0.3 is 0 Å². The molecular formula is C19H22N4O. The molecule has 0 spiro atoms. The first-order valence-electron chi connectivity index (χ1n) is 8.57. The summed E-state index contributed by atoms with van der Waals surface area (Å²) < 4.78 is 0. The molecule has 2 aliphatic rings. The van der Waals surface area contributed by atoms with Crippen LogP contribution in [0.15, 0.2) is 42.7 Å². The SMILES string of the molecule is O=C(c1ccc2c(c1)CCN2)N1CCN(Cc2ccncc2)CC1. The highest BCUT2D eigenvalue weighted by Gasteiger charge is 2.23. The van der Waals surface area contributed by atoms with Crippen molar-refractivity contribution in [3.8, 4) is 0 Å². The minimum atomic E-state index is 0.160. The summed E-state index contributed by atoms with van der Waals surface area (Å²) in [6, 6.07) is 10.1. The Bertz CT molecular complexity index is 723. The maximum Gasteiger partial charge on any atom is 0.253 e. The van der Waals surface area contributed by atoms with Crippen LogP contribution in [0.25, 0.3) is 0 Å². The zero-order chi connectivity index (χ0) is 16.4. The molecule has 0 atom stereocenters. The smallest absolute Gasteiger partial charge is 0.253 e. The molecule has 4 rings (SSSR count). The molecule has 0 aliphatic carbocycles. The number of pyridine rings is 1. The van der Waals surface area contributed by atoms with E-state index in [0.29, 0.717) is 0 Å². The van der Waals surface area contributed by atoms with Crippen LogP contribution in [0.5, 0.6) is 0 Å². The molecule has 1 saturated heterocycles. The number of rotatable bonds is 3. The second kappa shape index (κ2) is 6.61. The zero-order valence-electron chi connectivity index (χ0n) is 13.7. The van der Waals surface area contributed by atoms with Gasteiger partial charge in [-0.15, -0.1) is 0 Å². The first kappa shape index (κ1) is 15.1. The molecule has 0 saturated carbocycles. The Balaban J connectivity index is 1.36. The number of carbonyl (C=O) groups is 1. The highest BCUT2D eigenvalue weighted by molar-refractivity contribution is 5.95. The molecule has 1 fully saturated rings. The van der Waals surface area contributed by atoms with Crippen LogP contribution in [-0.2, 0) is 13.0 Å². The van der Waals surface area contributed by atoms with Gasteiger partial charge in [0.25, 0.3) is 5.91 Å². The van der Waals surface area contributed by atoms with Crippen molar-refractivity contribution >= 4 is 11.6 Å². The van der Waals surface area contributed by atoms with Crippen LogP contribution in [0.1, 0.15) is 21.5 Å². The van der Waals surface area contributed by atoms with Crippen molar-refractivity contribution in [1.82, 2.24) is 14.8 Å². The van der Waals surface area contributed by atoms with Gasteiger partial charge in [0.1, 0.15) is 0 Å². The van der Waals surface area contributed by atoms with Crippen molar-refractivity contribution in [2.75, 3.05) is 38.0 Å². The van der Waals surface area contributed by atoms with E-state index in [-0.39, 0.29) is 5.91 Å². The minimum Gasteiger partial charge on any atom is -0.384 e. The van der Waals surface area contributed by atoms with Gasteiger partial charge in [0.05, 0.1) is 0 Å². The Morgan fingerprint density at radius 1 is 1.08 bits per heavy atom. The van der Waals surface area contributed by atoms with Crippen LogP contribution in [0.3, 0.4) is 0 Å². The second-order valence-corrected chi connectivity index (χ2v) is 6.47. The third-order valence-electron chi connectivity index (χ3n) is 4.88. The summed E-state index contributed by atoms with van der Waals surface area (Å²) in [7, 11) is 0. The normalized spacial score (nSPS) is 17.4. The standard InChI is InChI=1S/C19H22N4O/c24-19(17-1-2-18-16(13-17)5-8-21-18)23-11-9-22(10-12-23)14-15-3-6-20-7-4-15/h1-4,6-7,13,21H,5,8-12,14H2. The van der Waals surface area contributed by atoms with Crippen molar-refractivity contribution in [2.24, 2.45) is 0 Å². The van der Waals surface area contributed by atoms with Gasteiger partial charge in [0.15, 0.2) is 0 Å². The van der Waals surface area contributed by atoms with E-state index in [9.17, 15) is 4.79 Å². The molecule has 2 aliphatic heterocycles. The second-order valence-electron chi connectivity index (χ2n) is 6.47. The Hall–Kier alpha value is -2.40. The summed E-state index contributed by atoms with van der Waals surface area (Å²) in [5.74, 6) is 0.160. The molecule has 1 amide bonds. The van der Waals surface area contributed by atoms with Gasteiger partial charge < -0.3 is 10.2 Å². The Labute approximate surface area is 142 Å². The number of aromatic nitrogens is 1. The fraction of sp³-hybridized carbons (Fsp3) is 0.368. The van der Waals surface area contributed by atoms with Gasteiger partial charge in [-0.3, -0.25) is 14.7 Å². The number of hydrogen-bond donors (Lipinski definition) is 1. The fourth-order valence-electron chi connectivity index (χ4n) is 3.48. The number of nitrogens with zero attached hydrogens (tertiary/aromatic N) is 3. The summed E-state index contributed by atoms with van der Waals surface area (Å²) in [5.41, 5.74) is 4.53. The largest absolute Gasteiger partial charge is 0.384 e. The highest BCUT2D eigenvalue weighted by Crippen LogP contribution is 2.24. The molecule has 1 aromatic carbocycles. The average molecular weight is 322 g/mol. The van der Waals surface area contributed by atoms with E-state index in [4.69, 9.17) is 0 Å². The molecule has 1 aromatic heterocycles. The minimum absolute atomic E-state index is 0.160. The third kappa shape index (κ3) is 3.12. The topological polar surface area (TPSA) is 48.5 Å². The number of fused-ring (bicyclic) bond motifs is 1. The monoisotopic (exact) mass is 322 g/mol. The van der Waals surface area contributed by atoms with Gasteiger partial charge in [-0.2, -0.15) is 0 Å². The molecular weight excluding hydrogens is 300 g/mol. The van der Waals surface area contributed by atoms with Crippen LogP contribution < -0.4 is 5.32 Å². The zero-order valence-corrected chi connectivity index (χ0v) is 13.7. The average Bonchev–Trinajstić information content (AvgIpc) is 3.10. The van der Waals surface area contributed by atoms with E-state index in [2.05, 4.69) is 33.4 Å². The lowest BCUT2D eigenvalue weighted by atomic mass is 10.1. The number of nitrogens with one attached hydrogen (secondary N) is 1. The molecule has 5 heteroatoms. The van der Waals surface area contributed by atoms with Gasteiger partial charge in [-0.25, -0.2) is 0 Å². The predicted molar refractivity (Wildman–Crippen MR) is 94.1 cm³/mol. The Morgan fingerprint density at radius 2 is 1.88 bits per heavy atom. The van der Waals surface area contributed by atoms with Gasteiger partial charge in [0, 0.05) is 62.9 Å². The number of piperazine rings is 1. The molecule has 0 unspecified atom stereocenters. The summed E-state index contributed by atoms with van der Waals surface area (Å²) in [4.78, 5) is 21.2. The van der Waals surface area contributed by atoms with Crippen LogP contribution in [0.2, 0.25) is 0 Å². The Kier molecular flexibility index (Phi) is 4.17. The van der Waals surface area contributed by atoms with Crippen molar-refractivity contribution in [1.29, 1.82) is 0 Å². The lowest BCUT2D eigenvalue weighted by Gasteiger charge is -2.34. The van der Waals surface area contributed by atoms with Crippen LogP contribution in [0.4, 0.5) is 5.69 Å².